The maximum Gasteiger partial charge on any atom is 0.330 e. The van der Waals surface area contributed by atoms with Crippen LogP contribution in [0.25, 0.3) is 11.3 Å². The second-order valence-corrected chi connectivity index (χ2v) is 3.80. The highest BCUT2D eigenvalue weighted by Crippen LogP contribution is 2.20. The molecule has 5 heteroatoms. The third-order valence-electron chi connectivity index (χ3n) is 2.35. The molecule has 0 aliphatic heterocycles. The normalized spacial score (nSPS) is 10.8. The van der Waals surface area contributed by atoms with Crippen molar-refractivity contribution in [2.75, 3.05) is 0 Å². The Hall–Kier alpha value is -2.43. The van der Waals surface area contributed by atoms with E-state index in [0.29, 0.717) is 17.0 Å². The number of allylic oxidation sites excluding steroid dienone is 1. The Morgan fingerprint density at radius 2 is 2.16 bits per heavy atom. The van der Waals surface area contributed by atoms with Gasteiger partial charge in [-0.1, -0.05) is 11.2 Å². The fourth-order valence-electron chi connectivity index (χ4n) is 1.46. The van der Waals surface area contributed by atoms with Crippen LogP contribution in [-0.2, 0) is 16.1 Å². The van der Waals surface area contributed by atoms with Gasteiger partial charge in [-0.3, -0.25) is 0 Å². The van der Waals surface area contributed by atoms with Crippen LogP contribution < -0.4 is 0 Å². The van der Waals surface area contributed by atoms with E-state index in [0.717, 1.165) is 0 Å². The van der Waals surface area contributed by atoms with Crippen molar-refractivity contribution in [1.29, 1.82) is 0 Å². The molecule has 0 spiro atoms. The van der Waals surface area contributed by atoms with Crippen molar-refractivity contribution >= 4 is 5.97 Å². The molecule has 0 N–H and O–H groups in total. The molecule has 4 nitrogen and oxygen atoms in total. The third kappa shape index (κ3) is 3.51. The lowest BCUT2D eigenvalue weighted by Gasteiger charge is -1.96. The first-order chi connectivity index (χ1) is 9.19. The molecule has 0 unspecified atom stereocenters. The number of carbonyl (C=O) groups excluding carboxylic acids is 1. The standard InChI is InChI=1S/C14H12FNO3/c1-2-3-14(17)18-9-12-8-13(19-16-12)10-4-6-11(15)7-5-10/h2-8H,9H2,1H3/b3-2-. The Bertz CT molecular complexity index is 587. The van der Waals surface area contributed by atoms with Gasteiger partial charge in [0, 0.05) is 17.7 Å². The Morgan fingerprint density at radius 1 is 1.42 bits per heavy atom. The summed E-state index contributed by atoms with van der Waals surface area (Å²) in [5.41, 5.74) is 1.21. The molecule has 1 heterocycles. The molecule has 2 aromatic rings. The van der Waals surface area contributed by atoms with Crippen LogP contribution in [0.2, 0.25) is 0 Å². The van der Waals surface area contributed by atoms with Crippen LogP contribution in [0.3, 0.4) is 0 Å². The minimum atomic E-state index is -0.436. The molecule has 2 rings (SSSR count). The number of hydrogen-bond acceptors (Lipinski definition) is 4. The van der Waals surface area contributed by atoms with Crippen molar-refractivity contribution < 1.29 is 18.4 Å². The maximum atomic E-state index is 12.8. The molecule has 98 valence electrons. The van der Waals surface area contributed by atoms with Crippen molar-refractivity contribution in [3.63, 3.8) is 0 Å². The van der Waals surface area contributed by atoms with Crippen molar-refractivity contribution in [2.45, 2.75) is 13.5 Å². The monoisotopic (exact) mass is 261 g/mol. The quantitative estimate of drug-likeness (QED) is 0.627. The van der Waals surface area contributed by atoms with Gasteiger partial charge in [0.05, 0.1) is 0 Å². The van der Waals surface area contributed by atoms with Crippen LogP contribution in [-0.4, -0.2) is 11.1 Å². The van der Waals surface area contributed by atoms with E-state index in [1.54, 1.807) is 31.2 Å². The highest BCUT2D eigenvalue weighted by Gasteiger charge is 2.08. The number of carbonyl (C=O) groups is 1. The number of rotatable bonds is 4. The van der Waals surface area contributed by atoms with Crippen LogP contribution in [0.1, 0.15) is 12.6 Å². The first-order valence-electron chi connectivity index (χ1n) is 5.70. The molecular formula is C14H12FNO3. The maximum absolute atomic E-state index is 12.8. The summed E-state index contributed by atoms with van der Waals surface area (Å²) in [4.78, 5) is 11.1. The molecule has 0 saturated heterocycles. The summed E-state index contributed by atoms with van der Waals surface area (Å²) < 4.78 is 22.8. The molecule has 0 aliphatic carbocycles. The molecule has 0 amide bonds. The molecule has 0 radical (unpaired) electrons. The number of aromatic nitrogens is 1. The number of halogens is 1. The summed E-state index contributed by atoms with van der Waals surface area (Å²) in [5.74, 6) is -0.255. The minimum Gasteiger partial charge on any atom is -0.456 e. The van der Waals surface area contributed by atoms with E-state index < -0.39 is 5.97 Å². The summed E-state index contributed by atoms with van der Waals surface area (Å²) >= 11 is 0. The minimum absolute atomic E-state index is 0.0356. The molecule has 1 aromatic carbocycles. The lowest BCUT2D eigenvalue weighted by atomic mass is 10.1. The lowest BCUT2D eigenvalue weighted by Crippen LogP contribution is -2.00. The van der Waals surface area contributed by atoms with E-state index in [9.17, 15) is 9.18 Å². The van der Waals surface area contributed by atoms with E-state index in [-0.39, 0.29) is 12.4 Å². The van der Waals surface area contributed by atoms with Gasteiger partial charge in [-0.15, -0.1) is 0 Å². The van der Waals surface area contributed by atoms with Gasteiger partial charge in [0.15, 0.2) is 5.76 Å². The third-order valence-corrected chi connectivity index (χ3v) is 2.35. The van der Waals surface area contributed by atoms with Gasteiger partial charge in [-0.25, -0.2) is 9.18 Å². The summed E-state index contributed by atoms with van der Waals surface area (Å²) in [5, 5.41) is 3.78. The number of esters is 1. The summed E-state index contributed by atoms with van der Waals surface area (Å²) in [7, 11) is 0. The average Bonchev–Trinajstić information content (AvgIpc) is 2.86. The molecule has 0 fully saturated rings. The second kappa shape index (κ2) is 5.95. The summed E-state index contributed by atoms with van der Waals surface area (Å²) in [6, 6.07) is 7.50. The van der Waals surface area contributed by atoms with E-state index in [2.05, 4.69) is 5.16 Å². The molecular weight excluding hydrogens is 249 g/mol. The van der Waals surface area contributed by atoms with Crippen LogP contribution in [0.5, 0.6) is 0 Å². The molecule has 1 aromatic heterocycles. The highest BCUT2D eigenvalue weighted by atomic mass is 19.1. The van der Waals surface area contributed by atoms with Crippen LogP contribution in [0.4, 0.5) is 4.39 Å². The van der Waals surface area contributed by atoms with E-state index in [4.69, 9.17) is 9.26 Å². The molecule has 0 aliphatic rings. The molecule has 0 saturated carbocycles. The summed E-state index contributed by atoms with van der Waals surface area (Å²) in [6.45, 7) is 1.76. The van der Waals surface area contributed by atoms with E-state index >= 15 is 0 Å². The average molecular weight is 261 g/mol. The fraction of sp³-hybridized carbons (Fsp3) is 0.143. The Morgan fingerprint density at radius 3 is 2.84 bits per heavy atom. The number of benzene rings is 1. The zero-order valence-corrected chi connectivity index (χ0v) is 10.3. The Kier molecular flexibility index (Phi) is 4.07. The second-order valence-electron chi connectivity index (χ2n) is 3.80. The Balaban J connectivity index is 2.03. The first kappa shape index (κ1) is 13.0. The number of ether oxygens (including phenoxy) is 1. The van der Waals surface area contributed by atoms with E-state index in [1.807, 2.05) is 0 Å². The smallest absolute Gasteiger partial charge is 0.330 e. The zero-order valence-electron chi connectivity index (χ0n) is 10.3. The van der Waals surface area contributed by atoms with E-state index in [1.165, 1.54) is 18.2 Å². The van der Waals surface area contributed by atoms with Gasteiger partial charge in [-0.05, 0) is 31.2 Å². The SMILES string of the molecule is C/C=C\C(=O)OCc1cc(-c2ccc(F)cc2)on1. The summed E-state index contributed by atoms with van der Waals surface area (Å²) in [6.07, 6.45) is 2.91. The highest BCUT2D eigenvalue weighted by molar-refractivity contribution is 5.81. The van der Waals surface area contributed by atoms with Crippen molar-refractivity contribution in [1.82, 2.24) is 5.16 Å². The topological polar surface area (TPSA) is 52.3 Å². The fourth-order valence-corrected chi connectivity index (χ4v) is 1.46. The number of nitrogens with zero attached hydrogens (tertiary/aromatic N) is 1. The molecule has 19 heavy (non-hydrogen) atoms. The van der Waals surface area contributed by atoms with Gasteiger partial charge >= 0.3 is 5.97 Å². The van der Waals surface area contributed by atoms with Crippen molar-refractivity contribution in [3.8, 4) is 11.3 Å². The zero-order chi connectivity index (χ0) is 13.7. The van der Waals surface area contributed by atoms with Gasteiger partial charge in [-0.2, -0.15) is 0 Å². The molecule has 0 atom stereocenters. The van der Waals surface area contributed by atoms with Gasteiger partial charge in [0.1, 0.15) is 18.1 Å². The van der Waals surface area contributed by atoms with Gasteiger partial charge in [0.2, 0.25) is 0 Å². The first-order valence-corrected chi connectivity index (χ1v) is 5.70. The predicted molar refractivity (Wildman–Crippen MR) is 66.5 cm³/mol. The lowest BCUT2D eigenvalue weighted by molar-refractivity contribution is -0.139. The van der Waals surface area contributed by atoms with Crippen molar-refractivity contribution in [2.24, 2.45) is 0 Å². The predicted octanol–water partition coefficient (Wildman–Crippen LogP) is 3.10. The van der Waals surface area contributed by atoms with Crippen molar-refractivity contribution in [3.05, 3.63) is 54.0 Å². The Labute approximate surface area is 109 Å². The number of hydrogen-bond donors (Lipinski definition) is 0. The van der Waals surface area contributed by atoms with Crippen LogP contribution in [0.15, 0.2) is 47.0 Å². The van der Waals surface area contributed by atoms with Gasteiger partial charge < -0.3 is 9.26 Å². The largest absolute Gasteiger partial charge is 0.456 e. The van der Waals surface area contributed by atoms with Gasteiger partial charge in [0.25, 0.3) is 0 Å². The molecule has 0 bridgehead atoms. The van der Waals surface area contributed by atoms with Crippen LogP contribution in [0, 0.1) is 5.82 Å². The van der Waals surface area contributed by atoms with Crippen LogP contribution >= 0.6 is 0 Å².